The molecule has 5 heteroatoms. The van der Waals surface area contributed by atoms with Crippen molar-refractivity contribution in [2.75, 3.05) is 5.32 Å². The predicted molar refractivity (Wildman–Crippen MR) is 149 cm³/mol. The number of fused-ring (bicyclic) bond motifs is 1. The molecule has 38 heavy (non-hydrogen) atoms. The van der Waals surface area contributed by atoms with Gasteiger partial charge in [0.05, 0.1) is 17.7 Å². The smallest absolute Gasteiger partial charge is 0.338 e. The highest BCUT2D eigenvalue weighted by molar-refractivity contribution is 5.97. The molecule has 0 saturated carbocycles. The summed E-state index contributed by atoms with van der Waals surface area (Å²) in [5.41, 5.74) is 4.59. The topological polar surface area (TPSA) is 75.6 Å². The number of carbonyl (C=O) groups excluding carboxylic acids is 2. The molecule has 1 amide bonds. The summed E-state index contributed by atoms with van der Waals surface area (Å²) in [4.78, 5) is 25.3. The molecular weight excluding hydrogens is 474 g/mol. The molecule has 0 aliphatic carbocycles. The van der Waals surface area contributed by atoms with Gasteiger partial charge in [0.25, 0.3) is 0 Å². The maximum absolute atomic E-state index is 12.9. The quantitative estimate of drug-likeness (QED) is 0.184. The molecular formula is C33H27NO4. The molecule has 5 nitrogen and oxygen atoms in total. The van der Waals surface area contributed by atoms with Crippen molar-refractivity contribution >= 4 is 28.3 Å². The Morgan fingerprint density at radius 1 is 0.711 bits per heavy atom. The Balaban J connectivity index is 1.28. The summed E-state index contributed by atoms with van der Waals surface area (Å²) in [7, 11) is 0. The fourth-order valence-electron chi connectivity index (χ4n) is 4.50. The highest BCUT2D eigenvalue weighted by Crippen LogP contribution is 2.27. The van der Waals surface area contributed by atoms with Crippen molar-refractivity contribution in [3.8, 4) is 5.75 Å². The van der Waals surface area contributed by atoms with Crippen molar-refractivity contribution in [1.29, 1.82) is 0 Å². The van der Waals surface area contributed by atoms with Crippen molar-refractivity contribution in [1.82, 2.24) is 0 Å². The fraction of sp³-hybridized carbons (Fsp3) is 0.0909. The van der Waals surface area contributed by atoms with Gasteiger partial charge in [0.15, 0.2) is 0 Å². The van der Waals surface area contributed by atoms with Crippen LogP contribution >= 0.6 is 0 Å². The second-order valence-electron chi connectivity index (χ2n) is 9.10. The highest BCUT2D eigenvalue weighted by Gasteiger charge is 2.13. The van der Waals surface area contributed by atoms with Gasteiger partial charge in [-0.2, -0.15) is 0 Å². The van der Waals surface area contributed by atoms with E-state index in [9.17, 15) is 14.7 Å². The van der Waals surface area contributed by atoms with Crippen LogP contribution in [0.2, 0.25) is 0 Å². The number of aromatic hydroxyl groups is 1. The molecule has 5 rings (SSSR count). The molecule has 0 saturated heterocycles. The fourth-order valence-corrected chi connectivity index (χ4v) is 4.50. The van der Waals surface area contributed by atoms with E-state index in [1.54, 1.807) is 36.4 Å². The molecule has 0 aliphatic heterocycles. The number of hydrogen-bond acceptors (Lipinski definition) is 4. The first-order valence-electron chi connectivity index (χ1n) is 12.4. The normalized spacial score (nSPS) is 10.7. The molecule has 0 aromatic heterocycles. The first-order valence-corrected chi connectivity index (χ1v) is 12.4. The lowest BCUT2D eigenvalue weighted by Crippen LogP contribution is -2.15. The second kappa shape index (κ2) is 11.4. The zero-order chi connectivity index (χ0) is 26.3. The van der Waals surface area contributed by atoms with E-state index in [2.05, 4.69) is 5.32 Å². The van der Waals surface area contributed by atoms with Gasteiger partial charge in [-0.15, -0.1) is 0 Å². The number of carbonyl (C=O) groups is 2. The number of amides is 1. The lowest BCUT2D eigenvalue weighted by atomic mass is 9.99. The van der Waals surface area contributed by atoms with Gasteiger partial charge in [-0.3, -0.25) is 4.79 Å². The van der Waals surface area contributed by atoms with Crippen LogP contribution in [-0.2, 0) is 29.0 Å². The minimum absolute atomic E-state index is 0.00472. The van der Waals surface area contributed by atoms with Crippen molar-refractivity contribution in [2.24, 2.45) is 0 Å². The van der Waals surface area contributed by atoms with Crippen LogP contribution in [0.3, 0.4) is 0 Å². The van der Waals surface area contributed by atoms with Crippen LogP contribution in [0.5, 0.6) is 5.75 Å². The number of ether oxygens (including phenoxy) is 1. The molecule has 0 unspecified atom stereocenters. The Morgan fingerprint density at radius 2 is 1.39 bits per heavy atom. The van der Waals surface area contributed by atoms with E-state index >= 15 is 0 Å². The third-order valence-corrected chi connectivity index (χ3v) is 6.45. The van der Waals surface area contributed by atoms with E-state index in [4.69, 9.17) is 4.74 Å². The molecule has 5 aromatic carbocycles. The molecule has 0 atom stereocenters. The van der Waals surface area contributed by atoms with Crippen molar-refractivity contribution < 1.29 is 19.4 Å². The zero-order valence-corrected chi connectivity index (χ0v) is 20.8. The standard InChI is InChI=1S/C33H27NO4/c35-31-18-17-23(19-26-12-4-5-13-28(26)22-38-33(37)25-10-2-1-3-11-25)20-30(31)34-32(36)21-27-15-8-14-24-9-6-7-16-29(24)27/h1-18,20,35H,19,21-22H2,(H,34,36). The van der Waals surface area contributed by atoms with Crippen molar-refractivity contribution in [3.63, 3.8) is 0 Å². The molecule has 0 bridgehead atoms. The molecule has 0 radical (unpaired) electrons. The Morgan fingerprint density at radius 3 is 2.24 bits per heavy atom. The molecule has 188 valence electrons. The summed E-state index contributed by atoms with van der Waals surface area (Å²) in [5, 5.41) is 15.4. The van der Waals surface area contributed by atoms with Gasteiger partial charge in [0.1, 0.15) is 12.4 Å². The molecule has 0 fully saturated rings. The van der Waals surface area contributed by atoms with Crippen LogP contribution in [-0.4, -0.2) is 17.0 Å². The summed E-state index contributed by atoms with van der Waals surface area (Å²) in [5.74, 6) is -0.576. The van der Waals surface area contributed by atoms with Gasteiger partial charge in [0, 0.05) is 0 Å². The summed E-state index contributed by atoms with van der Waals surface area (Å²) in [6.07, 6.45) is 0.742. The Bertz CT molecular complexity index is 1590. The maximum atomic E-state index is 12.9. The number of anilines is 1. The summed E-state index contributed by atoms with van der Waals surface area (Å²) < 4.78 is 5.54. The highest BCUT2D eigenvalue weighted by atomic mass is 16.5. The number of nitrogens with one attached hydrogen (secondary N) is 1. The maximum Gasteiger partial charge on any atom is 0.338 e. The van der Waals surface area contributed by atoms with Gasteiger partial charge in [0.2, 0.25) is 5.91 Å². The number of hydrogen-bond donors (Lipinski definition) is 2. The largest absolute Gasteiger partial charge is 0.506 e. The van der Waals surface area contributed by atoms with Crippen LogP contribution in [0.15, 0.2) is 115 Å². The van der Waals surface area contributed by atoms with Crippen LogP contribution in [0.1, 0.15) is 32.6 Å². The van der Waals surface area contributed by atoms with Crippen LogP contribution in [0.25, 0.3) is 10.8 Å². The molecule has 0 aliphatic rings. The molecule has 2 N–H and O–H groups in total. The van der Waals surface area contributed by atoms with E-state index in [0.717, 1.165) is 33.0 Å². The third-order valence-electron chi connectivity index (χ3n) is 6.45. The van der Waals surface area contributed by atoms with Crippen LogP contribution in [0, 0.1) is 0 Å². The minimum atomic E-state index is -0.374. The Labute approximate surface area is 221 Å². The second-order valence-corrected chi connectivity index (χ2v) is 9.10. The Kier molecular flexibility index (Phi) is 7.46. The lowest BCUT2D eigenvalue weighted by molar-refractivity contribution is -0.115. The van der Waals surface area contributed by atoms with Gasteiger partial charge < -0.3 is 15.2 Å². The van der Waals surface area contributed by atoms with Crippen molar-refractivity contribution in [2.45, 2.75) is 19.4 Å². The first-order chi connectivity index (χ1) is 18.6. The number of benzene rings is 5. The molecule has 0 spiro atoms. The summed E-state index contributed by atoms with van der Waals surface area (Å²) >= 11 is 0. The van der Waals surface area contributed by atoms with E-state index in [-0.39, 0.29) is 30.7 Å². The van der Waals surface area contributed by atoms with E-state index in [0.29, 0.717) is 17.7 Å². The van der Waals surface area contributed by atoms with E-state index in [1.807, 2.05) is 78.9 Å². The van der Waals surface area contributed by atoms with Crippen LogP contribution < -0.4 is 5.32 Å². The number of phenols is 1. The first kappa shape index (κ1) is 24.8. The monoisotopic (exact) mass is 501 g/mol. The number of phenolic OH excluding ortho intramolecular Hbond substituents is 1. The number of rotatable bonds is 8. The Hall–Kier alpha value is -4.90. The average Bonchev–Trinajstić information content (AvgIpc) is 2.95. The minimum Gasteiger partial charge on any atom is -0.506 e. The summed E-state index contributed by atoms with van der Waals surface area (Å²) in [6, 6.07) is 35.7. The zero-order valence-electron chi connectivity index (χ0n) is 20.8. The van der Waals surface area contributed by atoms with E-state index in [1.165, 1.54) is 0 Å². The average molecular weight is 502 g/mol. The lowest BCUT2D eigenvalue weighted by Gasteiger charge is -2.13. The van der Waals surface area contributed by atoms with E-state index < -0.39 is 0 Å². The van der Waals surface area contributed by atoms with Gasteiger partial charge in [-0.1, -0.05) is 91.0 Å². The molecule has 0 heterocycles. The van der Waals surface area contributed by atoms with Crippen LogP contribution in [0.4, 0.5) is 5.69 Å². The van der Waals surface area contributed by atoms with Gasteiger partial charge in [-0.25, -0.2) is 4.79 Å². The summed E-state index contributed by atoms with van der Waals surface area (Å²) in [6.45, 7) is 0.149. The molecule has 5 aromatic rings. The SMILES string of the molecule is O=C(Cc1cccc2ccccc12)Nc1cc(Cc2ccccc2COC(=O)c2ccccc2)ccc1O. The van der Waals surface area contributed by atoms with Gasteiger partial charge >= 0.3 is 5.97 Å². The number of esters is 1. The predicted octanol–water partition coefficient (Wildman–Crippen LogP) is 6.67. The van der Waals surface area contributed by atoms with Gasteiger partial charge in [-0.05, 0) is 63.7 Å². The third kappa shape index (κ3) is 5.90. The van der Waals surface area contributed by atoms with Crippen molar-refractivity contribution in [3.05, 3.63) is 143 Å².